The molecule has 1 aliphatic carbocycles. The molecular formula is C11H19NO4. The van der Waals surface area contributed by atoms with Crippen LogP contribution in [0.5, 0.6) is 0 Å². The molecule has 0 aliphatic heterocycles. The highest BCUT2D eigenvalue weighted by atomic mass is 16.5. The van der Waals surface area contributed by atoms with Crippen LogP contribution in [0.3, 0.4) is 0 Å². The highest BCUT2D eigenvalue weighted by Crippen LogP contribution is 2.30. The summed E-state index contributed by atoms with van der Waals surface area (Å²) in [6.45, 7) is 2.35. The molecule has 0 saturated heterocycles. The Morgan fingerprint density at radius 2 is 2.06 bits per heavy atom. The Morgan fingerprint density at radius 3 is 2.56 bits per heavy atom. The van der Waals surface area contributed by atoms with Gasteiger partial charge < -0.3 is 15.2 Å². The van der Waals surface area contributed by atoms with E-state index in [-0.39, 0.29) is 31.3 Å². The number of hydrogen-bond donors (Lipinski definition) is 2. The van der Waals surface area contributed by atoms with Crippen molar-refractivity contribution in [3.8, 4) is 0 Å². The Morgan fingerprint density at radius 1 is 1.38 bits per heavy atom. The normalized spacial score (nSPS) is 17.4. The standard InChI is InChI=1S/C11H19NO4/c1-2-16-10(14)5-4-9(13)12-8-11(15)6-3-7-11/h15H,2-8H2,1H3,(H,12,13). The van der Waals surface area contributed by atoms with Crippen LogP contribution in [0.15, 0.2) is 0 Å². The maximum absolute atomic E-state index is 11.3. The Bertz CT molecular complexity index is 261. The van der Waals surface area contributed by atoms with Gasteiger partial charge in [-0.3, -0.25) is 9.59 Å². The summed E-state index contributed by atoms with van der Waals surface area (Å²) in [5.41, 5.74) is -0.709. The van der Waals surface area contributed by atoms with Gasteiger partial charge in [-0.25, -0.2) is 0 Å². The van der Waals surface area contributed by atoms with Gasteiger partial charge in [0.05, 0.1) is 18.6 Å². The topological polar surface area (TPSA) is 75.6 Å². The van der Waals surface area contributed by atoms with Gasteiger partial charge in [0.25, 0.3) is 0 Å². The Kier molecular flexibility index (Phi) is 4.73. The number of esters is 1. The third-order valence-corrected chi connectivity index (χ3v) is 2.76. The van der Waals surface area contributed by atoms with E-state index in [1.807, 2.05) is 0 Å². The van der Waals surface area contributed by atoms with Crippen molar-refractivity contribution in [3.05, 3.63) is 0 Å². The zero-order valence-corrected chi connectivity index (χ0v) is 9.62. The van der Waals surface area contributed by atoms with E-state index < -0.39 is 5.60 Å². The SMILES string of the molecule is CCOC(=O)CCC(=O)NCC1(O)CCC1. The summed E-state index contributed by atoms with van der Waals surface area (Å²) in [7, 11) is 0. The third-order valence-electron chi connectivity index (χ3n) is 2.76. The second-order valence-corrected chi connectivity index (χ2v) is 4.16. The van der Waals surface area contributed by atoms with Gasteiger partial charge in [-0.2, -0.15) is 0 Å². The van der Waals surface area contributed by atoms with E-state index in [0.29, 0.717) is 6.61 Å². The highest BCUT2D eigenvalue weighted by molar-refractivity contribution is 5.81. The lowest BCUT2D eigenvalue weighted by molar-refractivity contribution is -0.144. The fraction of sp³-hybridized carbons (Fsp3) is 0.818. The quantitative estimate of drug-likeness (QED) is 0.645. The number of ether oxygens (including phenoxy) is 1. The lowest BCUT2D eigenvalue weighted by atomic mass is 9.80. The number of carbonyl (C=O) groups excluding carboxylic acids is 2. The molecule has 0 atom stereocenters. The van der Waals surface area contributed by atoms with E-state index in [2.05, 4.69) is 5.32 Å². The molecule has 16 heavy (non-hydrogen) atoms. The average Bonchev–Trinajstić information content (AvgIpc) is 2.21. The first-order valence-electron chi connectivity index (χ1n) is 5.70. The molecule has 1 aliphatic rings. The molecule has 1 rings (SSSR count). The summed E-state index contributed by atoms with van der Waals surface area (Å²) in [4.78, 5) is 22.3. The first-order valence-corrected chi connectivity index (χ1v) is 5.70. The fourth-order valence-corrected chi connectivity index (χ4v) is 1.56. The summed E-state index contributed by atoms with van der Waals surface area (Å²) < 4.78 is 4.70. The monoisotopic (exact) mass is 229 g/mol. The summed E-state index contributed by atoms with van der Waals surface area (Å²) in [5, 5.41) is 12.3. The van der Waals surface area contributed by atoms with Crippen LogP contribution in [0.2, 0.25) is 0 Å². The van der Waals surface area contributed by atoms with E-state index in [1.54, 1.807) is 6.92 Å². The molecule has 1 saturated carbocycles. The van der Waals surface area contributed by atoms with E-state index in [9.17, 15) is 14.7 Å². The van der Waals surface area contributed by atoms with Gasteiger partial charge in [0.1, 0.15) is 0 Å². The zero-order chi connectivity index (χ0) is 12.0. The summed E-state index contributed by atoms with van der Waals surface area (Å²) >= 11 is 0. The van der Waals surface area contributed by atoms with Crippen molar-refractivity contribution in [2.75, 3.05) is 13.2 Å². The van der Waals surface area contributed by atoms with Crippen LogP contribution in [0, 0.1) is 0 Å². The van der Waals surface area contributed by atoms with Crippen LogP contribution in [-0.2, 0) is 14.3 Å². The minimum absolute atomic E-state index is 0.0953. The second kappa shape index (κ2) is 5.84. The molecular weight excluding hydrogens is 210 g/mol. The van der Waals surface area contributed by atoms with Crippen molar-refractivity contribution < 1.29 is 19.4 Å². The molecule has 0 heterocycles. The van der Waals surface area contributed by atoms with Gasteiger partial charge in [-0.15, -0.1) is 0 Å². The first-order chi connectivity index (χ1) is 7.56. The van der Waals surface area contributed by atoms with Gasteiger partial charge in [0.15, 0.2) is 0 Å². The zero-order valence-electron chi connectivity index (χ0n) is 9.62. The van der Waals surface area contributed by atoms with Crippen LogP contribution in [0.4, 0.5) is 0 Å². The fourth-order valence-electron chi connectivity index (χ4n) is 1.56. The van der Waals surface area contributed by atoms with Crippen LogP contribution < -0.4 is 5.32 Å². The molecule has 5 heteroatoms. The second-order valence-electron chi connectivity index (χ2n) is 4.16. The predicted octanol–water partition coefficient (Wildman–Crippen LogP) is 0.361. The van der Waals surface area contributed by atoms with E-state index in [0.717, 1.165) is 19.3 Å². The van der Waals surface area contributed by atoms with Crippen LogP contribution >= 0.6 is 0 Å². The maximum Gasteiger partial charge on any atom is 0.306 e. The molecule has 92 valence electrons. The number of carbonyl (C=O) groups is 2. The molecule has 0 aromatic rings. The van der Waals surface area contributed by atoms with Crippen molar-refractivity contribution in [2.45, 2.75) is 44.6 Å². The van der Waals surface area contributed by atoms with Gasteiger partial charge in [0.2, 0.25) is 5.91 Å². The van der Waals surface area contributed by atoms with Crippen molar-refractivity contribution in [2.24, 2.45) is 0 Å². The largest absolute Gasteiger partial charge is 0.466 e. The third kappa shape index (κ3) is 4.18. The van der Waals surface area contributed by atoms with E-state index in [4.69, 9.17) is 4.74 Å². The Balaban J connectivity index is 2.09. The van der Waals surface area contributed by atoms with Crippen molar-refractivity contribution in [1.29, 1.82) is 0 Å². The van der Waals surface area contributed by atoms with Crippen molar-refractivity contribution in [3.63, 3.8) is 0 Å². The Hall–Kier alpha value is -1.10. The lowest BCUT2D eigenvalue weighted by Crippen LogP contribution is -2.47. The molecule has 0 unspecified atom stereocenters. The summed E-state index contributed by atoms with van der Waals surface area (Å²) in [5.74, 6) is -0.576. The maximum atomic E-state index is 11.3. The number of rotatable bonds is 6. The predicted molar refractivity (Wildman–Crippen MR) is 57.7 cm³/mol. The number of amides is 1. The minimum atomic E-state index is -0.709. The van der Waals surface area contributed by atoms with Crippen LogP contribution in [-0.4, -0.2) is 35.7 Å². The molecule has 1 amide bonds. The molecule has 0 spiro atoms. The van der Waals surface area contributed by atoms with E-state index in [1.165, 1.54) is 0 Å². The number of nitrogens with one attached hydrogen (secondary N) is 1. The van der Waals surface area contributed by atoms with Gasteiger partial charge in [-0.1, -0.05) is 0 Å². The van der Waals surface area contributed by atoms with Crippen molar-refractivity contribution in [1.82, 2.24) is 5.32 Å². The number of hydrogen-bond acceptors (Lipinski definition) is 4. The lowest BCUT2D eigenvalue weighted by Gasteiger charge is -2.36. The Labute approximate surface area is 95.2 Å². The minimum Gasteiger partial charge on any atom is -0.466 e. The van der Waals surface area contributed by atoms with E-state index >= 15 is 0 Å². The molecule has 0 aromatic carbocycles. The van der Waals surface area contributed by atoms with Crippen LogP contribution in [0.1, 0.15) is 39.0 Å². The molecule has 1 fully saturated rings. The molecule has 0 bridgehead atoms. The molecule has 5 nitrogen and oxygen atoms in total. The van der Waals surface area contributed by atoms with Crippen molar-refractivity contribution >= 4 is 11.9 Å². The van der Waals surface area contributed by atoms with Gasteiger partial charge in [0, 0.05) is 13.0 Å². The molecule has 0 aromatic heterocycles. The van der Waals surface area contributed by atoms with Crippen LogP contribution in [0.25, 0.3) is 0 Å². The number of aliphatic hydroxyl groups is 1. The average molecular weight is 229 g/mol. The molecule has 0 radical (unpaired) electrons. The summed E-state index contributed by atoms with van der Waals surface area (Å²) in [6.07, 6.45) is 2.71. The summed E-state index contributed by atoms with van der Waals surface area (Å²) in [6, 6.07) is 0. The van der Waals surface area contributed by atoms with Gasteiger partial charge >= 0.3 is 5.97 Å². The van der Waals surface area contributed by atoms with Gasteiger partial charge in [-0.05, 0) is 26.2 Å². The smallest absolute Gasteiger partial charge is 0.306 e. The molecule has 2 N–H and O–H groups in total. The highest BCUT2D eigenvalue weighted by Gasteiger charge is 2.34. The first kappa shape index (κ1) is 13.0.